The van der Waals surface area contributed by atoms with Gasteiger partial charge in [-0.2, -0.15) is 10.5 Å². The lowest BCUT2D eigenvalue weighted by Crippen LogP contribution is -2.35. The molecule has 0 aromatic heterocycles. The Morgan fingerprint density at radius 1 is 0.900 bits per heavy atom. The monoisotopic (exact) mass is 536 g/mol. The smallest absolute Gasteiger partial charge is 0.177 e. The molecule has 2 aromatic rings. The van der Waals surface area contributed by atoms with E-state index in [0.717, 1.165) is 27.8 Å². The second-order valence-electron chi connectivity index (χ2n) is 7.31. The van der Waals surface area contributed by atoms with Gasteiger partial charge in [-0.25, -0.2) is 0 Å². The summed E-state index contributed by atoms with van der Waals surface area (Å²) in [7, 11) is 0. The van der Waals surface area contributed by atoms with E-state index in [1.807, 2.05) is 36.4 Å². The SMILES string of the molecule is CSc1ccc(-c2ccc(C3=CC4=CC=CC(Br)C(Br)C4C3(C#N)C#N)cc2)cc1. The van der Waals surface area contributed by atoms with E-state index in [1.54, 1.807) is 11.8 Å². The summed E-state index contributed by atoms with van der Waals surface area (Å²) >= 11 is 9.13. The van der Waals surface area contributed by atoms with Crippen LogP contribution >= 0.6 is 43.6 Å². The molecule has 2 aliphatic rings. The highest BCUT2D eigenvalue weighted by molar-refractivity contribution is 9.12. The van der Waals surface area contributed by atoms with Gasteiger partial charge < -0.3 is 0 Å². The van der Waals surface area contributed by atoms with Crippen molar-refractivity contribution in [2.45, 2.75) is 14.5 Å². The highest BCUT2D eigenvalue weighted by Gasteiger charge is 2.53. The number of rotatable bonds is 3. The third-order valence-corrected chi connectivity index (χ3v) is 9.17. The van der Waals surface area contributed by atoms with Crippen LogP contribution in [0, 0.1) is 34.0 Å². The molecular formula is C25H18Br2N2S. The Hall–Kier alpha value is -2.05. The van der Waals surface area contributed by atoms with Crippen molar-refractivity contribution in [2.75, 3.05) is 6.26 Å². The van der Waals surface area contributed by atoms with Crippen LogP contribution in [0.25, 0.3) is 16.7 Å². The molecule has 148 valence electrons. The van der Waals surface area contributed by atoms with Gasteiger partial charge >= 0.3 is 0 Å². The molecule has 30 heavy (non-hydrogen) atoms. The van der Waals surface area contributed by atoms with Gasteiger partial charge in [0.05, 0.1) is 12.1 Å². The molecule has 0 saturated heterocycles. The van der Waals surface area contributed by atoms with Gasteiger partial charge in [0.1, 0.15) is 0 Å². The van der Waals surface area contributed by atoms with Crippen molar-refractivity contribution in [2.24, 2.45) is 11.3 Å². The maximum atomic E-state index is 10.2. The van der Waals surface area contributed by atoms with E-state index in [0.29, 0.717) is 0 Å². The first-order valence-electron chi connectivity index (χ1n) is 9.50. The fraction of sp³-hybridized carbons (Fsp3) is 0.200. The quantitative estimate of drug-likeness (QED) is 0.308. The zero-order valence-corrected chi connectivity index (χ0v) is 20.2. The summed E-state index contributed by atoms with van der Waals surface area (Å²) in [5, 5.41) is 20.3. The summed E-state index contributed by atoms with van der Waals surface area (Å²) in [6.45, 7) is 0. The Balaban J connectivity index is 1.75. The van der Waals surface area contributed by atoms with Crippen LogP contribution in [0.15, 0.2) is 83.3 Å². The van der Waals surface area contributed by atoms with Crippen molar-refractivity contribution in [3.05, 3.63) is 84.0 Å². The van der Waals surface area contributed by atoms with E-state index in [2.05, 4.69) is 86.7 Å². The molecule has 2 aliphatic carbocycles. The average Bonchev–Trinajstić information content (AvgIpc) is 3.05. The largest absolute Gasteiger partial charge is 0.196 e. The molecule has 4 rings (SSSR count). The van der Waals surface area contributed by atoms with Crippen LogP contribution in [0.2, 0.25) is 0 Å². The van der Waals surface area contributed by atoms with E-state index in [1.165, 1.54) is 4.90 Å². The van der Waals surface area contributed by atoms with E-state index >= 15 is 0 Å². The zero-order chi connectivity index (χ0) is 21.3. The predicted octanol–water partition coefficient (Wildman–Crippen LogP) is 7.15. The Kier molecular flexibility index (Phi) is 6.07. The third-order valence-electron chi connectivity index (χ3n) is 5.74. The molecule has 0 aliphatic heterocycles. The molecule has 5 heteroatoms. The number of fused-ring (bicyclic) bond motifs is 1. The van der Waals surface area contributed by atoms with Crippen LogP contribution in [-0.4, -0.2) is 15.9 Å². The molecule has 0 spiro atoms. The Morgan fingerprint density at radius 2 is 1.47 bits per heavy atom. The van der Waals surface area contributed by atoms with Gasteiger partial charge in [-0.05, 0) is 46.2 Å². The van der Waals surface area contributed by atoms with Gasteiger partial charge in [-0.1, -0.05) is 92.6 Å². The normalized spacial score (nSPS) is 24.1. The first-order chi connectivity index (χ1) is 14.5. The van der Waals surface area contributed by atoms with E-state index in [4.69, 9.17) is 0 Å². The first kappa shape index (κ1) is 21.2. The second-order valence-corrected chi connectivity index (χ2v) is 10.3. The molecule has 3 atom stereocenters. The van der Waals surface area contributed by atoms with Crippen LogP contribution in [0.5, 0.6) is 0 Å². The average molecular weight is 538 g/mol. The van der Waals surface area contributed by atoms with Gasteiger partial charge in [0, 0.05) is 20.5 Å². The maximum absolute atomic E-state index is 10.2. The Bertz CT molecular complexity index is 1120. The molecule has 0 N–H and O–H groups in total. The van der Waals surface area contributed by atoms with Crippen molar-refractivity contribution < 1.29 is 0 Å². The van der Waals surface area contributed by atoms with E-state index in [9.17, 15) is 10.5 Å². The van der Waals surface area contributed by atoms with Crippen LogP contribution in [-0.2, 0) is 0 Å². The van der Waals surface area contributed by atoms with Crippen molar-refractivity contribution in [1.29, 1.82) is 10.5 Å². The van der Waals surface area contributed by atoms with Crippen molar-refractivity contribution >= 4 is 49.2 Å². The summed E-state index contributed by atoms with van der Waals surface area (Å²) in [4.78, 5) is 1.20. The van der Waals surface area contributed by atoms with Crippen molar-refractivity contribution in [3.63, 3.8) is 0 Å². The molecular weight excluding hydrogens is 520 g/mol. The van der Waals surface area contributed by atoms with Gasteiger partial charge in [0.25, 0.3) is 0 Å². The summed E-state index contributed by atoms with van der Waals surface area (Å²) in [6.07, 6.45) is 10.1. The lowest BCUT2D eigenvalue weighted by atomic mass is 9.71. The summed E-state index contributed by atoms with van der Waals surface area (Å²) in [5.41, 5.74) is 3.70. The number of hydrogen-bond donors (Lipinski definition) is 0. The first-order valence-corrected chi connectivity index (χ1v) is 12.6. The van der Waals surface area contributed by atoms with Crippen LogP contribution in [0.4, 0.5) is 0 Å². The van der Waals surface area contributed by atoms with Gasteiger partial charge in [-0.3, -0.25) is 0 Å². The minimum atomic E-state index is -1.24. The maximum Gasteiger partial charge on any atom is 0.177 e. The topological polar surface area (TPSA) is 47.6 Å². The van der Waals surface area contributed by atoms with Gasteiger partial charge in [0.15, 0.2) is 5.41 Å². The predicted molar refractivity (Wildman–Crippen MR) is 131 cm³/mol. The number of thioether (sulfide) groups is 1. The fourth-order valence-corrected chi connectivity index (χ4v) is 5.91. The number of alkyl halides is 2. The third kappa shape index (κ3) is 3.50. The molecule has 0 amide bonds. The van der Waals surface area contributed by atoms with E-state index < -0.39 is 5.41 Å². The fourth-order valence-electron chi connectivity index (χ4n) is 4.15. The molecule has 0 heterocycles. The van der Waals surface area contributed by atoms with E-state index in [-0.39, 0.29) is 15.6 Å². The Morgan fingerprint density at radius 3 is 2.03 bits per heavy atom. The number of nitrogens with zero attached hydrogens (tertiary/aromatic N) is 2. The van der Waals surface area contributed by atoms with Crippen LogP contribution in [0.3, 0.4) is 0 Å². The zero-order valence-electron chi connectivity index (χ0n) is 16.2. The number of hydrogen-bond acceptors (Lipinski definition) is 3. The highest BCUT2D eigenvalue weighted by Crippen LogP contribution is 2.55. The molecule has 2 aromatic carbocycles. The lowest BCUT2D eigenvalue weighted by molar-refractivity contribution is 0.476. The molecule has 0 saturated carbocycles. The minimum Gasteiger partial charge on any atom is -0.196 e. The van der Waals surface area contributed by atoms with Crippen LogP contribution < -0.4 is 0 Å². The van der Waals surface area contributed by atoms with Crippen molar-refractivity contribution in [3.8, 4) is 23.3 Å². The summed E-state index contributed by atoms with van der Waals surface area (Å²) in [6, 6.07) is 21.3. The molecule has 2 nitrogen and oxygen atoms in total. The van der Waals surface area contributed by atoms with Gasteiger partial charge in [0.2, 0.25) is 0 Å². The van der Waals surface area contributed by atoms with Gasteiger partial charge in [-0.15, -0.1) is 11.8 Å². The molecule has 0 bridgehead atoms. The Labute approximate surface area is 198 Å². The second kappa shape index (κ2) is 8.60. The lowest BCUT2D eigenvalue weighted by Gasteiger charge is -2.30. The molecule has 0 radical (unpaired) electrons. The summed E-state index contributed by atoms with van der Waals surface area (Å²) < 4.78 is 0. The number of allylic oxidation sites excluding steroid dienone is 6. The molecule has 0 fully saturated rings. The molecule has 3 unspecified atom stereocenters. The van der Waals surface area contributed by atoms with Crippen molar-refractivity contribution in [1.82, 2.24) is 0 Å². The van der Waals surface area contributed by atoms with Crippen LogP contribution in [0.1, 0.15) is 5.56 Å². The number of benzene rings is 2. The summed E-state index contributed by atoms with van der Waals surface area (Å²) in [5.74, 6) is -0.249. The minimum absolute atomic E-state index is 0.0386. The number of halogens is 2. The number of nitriles is 2. The highest BCUT2D eigenvalue weighted by atomic mass is 79.9. The standard InChI is InChI=1S/C25H18Br2N2S/c1-30-20-11-9-17(10-12-20)16-5-7-18(8-6-16)21-13-19-3-2-4-22(26)24(27)23(19)25(21,14-28)15-29/h2-13,22-24H,1H3.